The number of amides is 1. The fourth-order valence-electron chi connectivity index (χ4n) is 3.18. The van der Waals surface area contributed by atoms with Crippen molar-refractivity contribution in [2.24, 2.45) is 0 Å². The molecule has 0 N–H and O–H groups in total. The Hall–Kier alpha value is -1.79. The van der Waals surface area contributed by atoms with E-state index in [0.717, 1.165) is 43.1 Å². The molecule has 1 fully saturated rings. The maximum atomic E-state index is 13.1. The highest BCUT2D eigenvalue weighted by atomic mass is 32.2. The molecule has 6 heteroatoms. The standard InChI is InChI=1S/C19H26N4OS/c1-21(2)13-18-14-25-11-3-9-23(18)19(24)17-6-4-16(5-7-17)12-22-10-8-20-15-22/h4-8,10,15,18H,3,9,11-14H2,1-2H3. The van der Waals surface area contributed by atoms with Crippen molar-refractivity contribution in [1.82, 2.24) is 19.4 Å². The summed E-state index contributed by atoms with van der Waals surface area (Å²) in [6.45, 7) is 2.54. The molecule has 1 atom stereocenters. The van der Waals surface area contributed by atoms with Gasteiger partial charge in [0.1, 0.15) is 0 Å². The van der Waals surface area contributed by atoms with E-state index in [4.69, 9.17) is 0 Å². The van der Waals surface area contributed by atoms with Crippen LogP contribution in [0.15, 0.2) is 43.0 Å². The zero-order chi connectivity index (χ0) is 17.6. The van der Waals surface area contributed by atoms with Crippen molar-refractivity contribution >= 4 is 17.7 Å². The van der Waals surface area contributed by atoms with Gasteiger partial charge in [-0.15, -0.1) is 0 Å². The molecule has 3 rings (SSSR count). The first-order chi connectivity index (χ1) is 12.1. The molecule has 0 saturated carbocycles. The molecule has 0 bridgehead atoms. The van der Waals surface area contributed by atoms with Gasteiger partial charge in [0.25, 0.3) is 5.91 Å². The molecule has 1 aliphatic heterocycles. The minimum absolute atomic E-state index is 0.156. The number of imidazole rings is 1. The third-order valence-electron chi connectivity index (χ3n) is 4.40. The largest absolute Gasteiger partial charge is 0.334 e. The van der Waals surface area contributed by atoms with Crippen LogP contribution in [0.5, 0.6) is 0 Å². The number of carbonyl (C=O) groups excluding carboxylic acids is 1. The molecule has 0 radical (unpaired) electrons. The van der Waals surface area contributed by atoms with Gasteiger partial charge in [0.05, 0.1) is 12.4 Å². The lowest BCUT2D eigenvalue weighted by atomic mass is 10.1. The summed E-state index contributed by atoms with van der Waals surface area (Å²) >= 11 is 1.96. The van der Waals surface area contributed by atoms with Crippen molar-refractivity contribution < 1.29 is 4.79 Å². The fraction of sp³-hybridized carbons (Fsp3) is 0.474. The van der Waals surface area contributed by atoms with E-state index >= 15 is 0 Å². The van der Waals surface area contributed by atoms with E-state index in [-0.39, 0.29) is 11.9 Å². The second-order valence-electron chi connectivity index (χ2n) is 6.78. The Kier molecular flexibility index (Phi) is 6.15. The molecule has 134 valence electrons. The molecule has 1 aromatic heterocycles. The zero-order valence-electron chi connectivity index (χ0n) is 15.0. The fourth-order valence-corrected chi connectivity index (χ4v) is 4.24. The van der Waals surface area contributed by atoms with Gasteiger partial charge < -0.3 is 14.4 Å². The molecule has 0 spiro atoms. The highest BCUT2D eigenvalue weighted by Crippen LogP contribution is 2.20. The van der Waals surface area contributed by atoms with Gasteiger partial charge in [-0.05, 0) is 44.0 Å². The maximum Gasteiger partial charge on any atom is 0.254 e. The van der Waals surface area contributed by atoms with Crippen LogP contribution < -0.4 is 0 Å². The second-order valence-corrected chi connectivity index (χ2v) is 7.92. The van der Waals surface area contributed by atoms with Crippen LogP contribution in [-0.4, -0.2) is 70.0 Å². The number of hydrogen-bond donors (Lipinski definition) is 0. The lowest BCUT2D eigenvalue weighted by Gasteiger charge is -2.31. The van der Waals surface area contributed by atoms with Crippen molar-refractivity contribution in [2.75, 3.05) is 38.7 Å². The molecular formula is C19H26N4OS. The predicted molar refractivity (Wildman–Crippen MR) is 103 cm³/mol. The van der Waals surface area contributed by atoms with Crippen molar-refractivity contribution in [3.05, 3.63) is 54.1 Å². The molecule has 1 saturated heterocycles. The van der Waals surface area contributed by atoms with E-state index < -0.39 is 0 Å². The third kappa shape index (κ3) is 4.86. The Bertz CT molecular complexity index is 669. The van der Waals surface area contributed by atoms with Crippen LogP contribution in [0.3, 0.4) is 0 Å². The quantitative estimate of drug-likeness (QED) is 0.823. The van der Waals surface area contributed by atoms with Crippen LogP contribution in [0.25, 0.3) is 0 Å². The maximum absolute atomic E-state index is 13.1. The molecule has 0 aliphatic carbocycles. The van der Waals surface area contributed by atoms with E-state index in [1.165, 1.54) is 5.56 Å². The average Bonchev–Trinajstić information content (AvgIpc) is 3.00. The highest BCUT2D eigenvalue weighted by molar-refractivity contribution is 7.99. The number of rotatable bonds is 5. The minimum Gasteiger partial charge on any atom is -0.334 e. The van der Waals surface area contributed by atoms with Crippen molar-refractivity contribution in [2.45, 2.75) is 19.0 Å². The van der Waals surface area contributed by atoms with Crippen LogP contribution in [0.4, 0.5) is 0 Å². The Labute approximate surface area is 154 Å². The Morgan fingerprint density at radius 1 is 1.32 bits per heavy atom. The third-order valence-corrected chi connectivity index (χ3v) is 5.60. The molecule has 2 aromatic rings. The number of likely N-dealkylation sites (N-methyl/N-ethyl adjacent to an activating group) is 1. The molecule has 1 aliphatic rings. The summed E-state index contributed by atoms with van der Waals surface area (Å²) in [6, 6.07) is 8.28. The molecule has 1 aromatic carbocycles. The smallest absolute Gasteiger partial charge is 0.254 e. The second kappa shape index (κ2) is 8.54. The normalized spacial score (nSPS) is 18.4. The minimum atomic E-state index is 0.156. The summed E-state index contributed by atoms with van der Waals surface area (Å²) in [5, 5.41) is 0. The Morgan fingerprint density at radius 3 is 2.80 bits per heavy atom. The van der Waals surface area contributed by atoms with Crippen LogP contribution in [-0.2, 0) is 6.54 Å². The van der Waals surface area contributed by atoms with Gasteiger partial charge in [-0.25, -0.2) is 4.98 Å². The van der Waals surface area contributed by atoms with Crippen LogP contribution in [0.2, 0.25) is 0 Å². The number of benzene rings is 1. The molecule has 25 heavy (non-hydrogen) atoms. The van der Waals surface area contributed by atoms with Crippen LogP contribution in [0.1, 0.15) is 22.3 Å². The topological polar surface area (TPSA) is 41.4 Å². The molecule has 1 unspecified atom stereocenters. The first-order valence-corrected chi connectivity index (χ1v) is 9.87. The predicted octanol–water partition coefficient (Wildman–Crippen LogP) is 2.44. The first kappa shape index (κ1) is 18.0. The molecule has 5 nitrogen and oxygen atoms in total. The van der Waals surface area contributed by atoms with Crippen molar-refractivity contribution in [1.29, 1.82) is 0 Å². The summed E-state index contributed by atoms with van der Waals surface area (Å²) < 4.78 is 2.02. The van der Waals surface area contributed by atoms with E-state index in [1.54, 1.807) is 12.5 Å². The lowest BCUT2D eigenvalue weighted by Crippen LogP contribution is -2.46. The number of nitrogens with zero attached hydrogens (tertiary/aromatic N) is 4. The monoisotopic (exact) mass is 358 g/mol. The van der Waals surface area contributed by atoms with Gasteiger partial charge in [-0.2, -0.15) is 11.8 Å². The number of aromatic nitrogens is 2. The van der Waals surface area contributed by atoms with E-state index in [0.29, 0.717) is 0 Å². The first-order valence-electron chi connectivity index (χ1n) is 8.71. The number of thioether (sulfide) groups is 1. The van der Waals surface area contributed by atoms with Gasteiger partial charge in [0.2, 0.25) is 0 Å². The summed E-state index contributed by atoms with van der Waals surface area (Å²) in [6.07, 6.45) is 6.60. The van der Waals surface area contributed by atoms with Gasteiger partial charge in [-0.1, -0.05) is 12.1 Å². The van der Waals surface area contributed by atoms with E-state index in [2.05, 4.69) is 28.9 Å². The Morgan fingerprint density at radius 2 is 2.12 bits per heavy atom. The molecular weight excluding hydrogens is 332 g/mol. The number of carbonyl (C=O) groups is 1. The average molecular weight is 359 g/mol. The zero-order valence-corrected chi connectivity index (χ0v) is 15.8. The van der Waals surface area contributed by atoms with Gasteiger partial charge in [-0.3, -0.25) is 4.79 Å². The van der Waals surface area contributed by atoms with Crippen molar-refractivity contribution in [3.63, 3.8) is 0 Å². The van der Waals surface area contributed by atoms with Crippen molar-refractivity contribution in [3.8, 4) is 0 Å². The molecule has 1 amide bonds. The highest BCUT2D eigenvalue weighted by Gasteiger charge is 2.26. The van der Waals surface area contributed by atoms with Crippen LogP contribution in [0, 0.1) is 0 Å². The van der Waals surface area contributed by atoms with Gasteiger partial charge in [0.15, 0.2) is 0 Å². The summed E-state index contributed by atoms with van der Waals surface area (Å²) in [4.78, 5) is 21.4. The van der Waals surface area contributed by atoms with Crippen LogP contribution >= 0.6 is 11.8 Å². The van der Waals surface area contributed by atoms with E-state index in [1.807, 2.05) is 46.8 Å². The SMILES string of the molecule is CN(C)CC1CSCCCN1C(=O)c1ccc(Cn2ccnc2)cc1. The summed E-state index contributed by atoms with van der Waals surface area (Å²) in [5.74, 6) is 2.31. The molecule has 2 heterocycles. The Balaban J connectivity index is 1.71. The lowest BCUT2D eigenvalue weighted by molar-refractivity contribution is 0.0675. The summed E-state index contributed by atoms with van der Waals surface area (Å²) in [7, 11) is 4.15. The van der Waals surface area contributed by atoms with E-state index in [9.17, 15) is 4.79 Å². The summed E-state index contributed by atoms with van der Waals surface area (Å²) in [5.41, 5.74) is 1.95. The number of hydrogen-bond acceptors (Lipinski definition) is 4. The van der Waals surface area contributed by atoms with Gasteiger partial charge >= 0.3 is 0 Å². The van der Waals surface area contributed by atoms with Gasteiger partial charge in [0, 0.05) is 43.3 Å².